The molecule has 0 aliphatic carbocycles. The van der Waals surface area contributed by atoms with E-state index in [1.165, 1.54) is 7.11 Å². The lowest BCUT2D eigenvalue weighted by Gasteiger charge is -2.18. The van der Waals surface area contributed by atoms with Crippen LogP contribution in [0.5, 0.6) is 5.88 Å². The molecule has 0 radical (unpaired) electrons. The topological polar surface area (TPSA) is 126 Å². The number of ether oxygens (including phenoxy) is 3. The average molecular weight is 443 g/mol. The van der Waals surface area contributed by atoms with Crippen molar-refractivity contribution in [3.05, 3.63) is 42.2 Å². The number of nitrogen functional groups attached to an aromatic ring is 1. The third-order valence-corrected chi connectivity index (χ3v) is 4.86. The van der Waals surface area contributed by atoms with Gasteiger partial charge in [-0.05, 0) is 18.4 Å². The van der Waals surface area contributed by atoms with Gasteiger partial charge in [-0.2, -0.15) is 9.97 Å². The fourth-order valence-corrected chi connectivity index (χ4v) is 3.14. The van der Waals surface area contributed by atoms with Gasteiger partial charge in [0.1, 0.15) is 6.04 Å². The minimum atomic E-state index is -0.486. The molecule has 0 spiro atoms. The molecule has 0 amide bonds. The molecular formula is C22H30N6O4. The van der Waals surface area contributed by atoms with E-state index in [1.54, 1.807) is 6.33 Å². The van der Waals surface area contributed by atoms with E-state index in [4.69, 9.17) is 19.9 Å². The van der Waals surface area contributed by atoms with Crippen molar-refractivity contribution < 1.29 is 19.0 Å². The van der Waals surface area contributed by atoms with Crippen LogP contribution in [0.25, 0.3) is 11.2 Å². The molecule has 3 rings (SSSR count). The SMILES string of the molecule is CCCCOC(=O)[C@H](Cc1ccccc1)NCOCCn1cnc2c(OC)nc(N)nc21. The summed E-state index contributed by atoms with van der Waals surface area (Å²) in [4.78, 5) is 25.1. The summed E-state index contributed by atoms with van der Waals surface area (Å²) in [7, 11) is 1.51. The van der Waals surface area contributed by atoms with Crippen LogP contribution in [-0.4, -0.2) is 58.6 Å². The molecule has 3 aromatic rings. The van der Waals surface area contributed by atoms with Gasteiger partial charge in [0.15, 0.2) is 11.2 Å². The number of fused-ring (bicyclic) bond motifs is 1. The molecule has 0 aliphatic heterocycles. The van der Waals surface area contributed by atoms with Gasteiger partial charge in [-0.1, -0.05) is 43.7 Å². The van der Waals surface area contributed by atoms with Crippen LogP contribution in [0.3, 0.4) is 0 Å². The number of unbranched alkanes of at least 4 members (excludes halogenated alkanes) is 1. The summed E-state index contributed by atoms with van der Waals surface area (Å²) in [5.41, 5.74) is 7.91. The maximum atomic E-state index is 12.5. The number of hydrogen-bond acceptors (Lipinski definition) is 9. The van der Waals surface area contributed by atoms with Gasteiger partial charge in [0.25, 0.3) is 0 Å². The third-order valence-electron chi connectivity index (χ3n) is 4.86. The van der Waals surface area contributed by atoms with Crippen LogP contribution in [0.1, 0.15) is 25.3 Å². The van der Waals surface area contributed by atoms with Crippen molar-refractivity contribution >= 4 is 23.1 Å². The molecule has 3 N–H and O–H groups in total. The predicted octanol–water partition coefficient (Wildman–Crippen LogP) is 1.94. The van der Waals surface area contributed by atoms with Crippen molar-refractivity contribution in [1.82, 2.24) is 24.8 Å². The molecule has 0 fully saturated rings. The monoisotopic (exact) mass is 442 g/mol. The first kappa shape index (κ1) is 23.4. The second-order valence-corrected chi connectivity index (χ2v) is 7.22. The van der Waals surface area contributed by atoms with Gasteiger partial charge in [0, 0.05) is 6.54 Å². The lowest BCUT2D eigenvalue weighted by Crippen LogP contribution is -2.41. The number of nitrogens with two attached hydrogens (primary N) is 1. The number of benzene rings is 1. The van der Waals surface area contributed by atoms with Crippen LogP contribution in [0.4, 0.5) is 5.95 Å². The van der Waals surface area contributed by atoms with Crippen molar-refractivity contribution in [2.75, 3.05) is 32.8 Å². The molecule has 32 heavy (non-hydrogen) atoms. The minimum absolute atomic E-state index is 0.115. The van der Waals surface area contributed by atoms with E-state index in [9.17, 15) is 4.79 Å². The number of imidazole rings is 1. The Hall–Kier alpha value is -3.24. The first-order chi connectivity index (χ1) is 15.6. The standard InChI is InChI=1S/C22H30N6O4/c1-3-4-11-32-21(29)17(13-16-8-6-5-7-9-16)25-15-31-12-10-28-14-24-18-19(28)26-22(23)27-20(18)30-2/h5-9,14,17,25H,3-4,10-13,15H2,1-2H3,(H2,23,26,27)/t17-/m0/s1. The molecule has 1 atom stereocenters. The van der Waals surface area contributed by atoms with Gasteiger partial charge in [-0.15, -0.1) is 0 Å². The Bertz CT molecular complexity index is 995. The molecule has 1 aromatic carbocycles. The smallest absolute Gasteiger partial charge is 0.323 e. The summed E-state index contributed by atoms with van der Waals surface area (Å²) in [6, 6.07) is 9.34. The molecule has 0 saturated carbocycles. The maximum Gasteiger partial charge on any atom is 0.323 e. The van der Waals surface area contributed by atoms with Gasteiger partial charge in [0.05, 0.1) is 33.4 Å². The second-order valence-electron chi connectivity index (χ2n) is 7.22. The normalized spacial score (nSPS) is 12.1. The lowest BCUT2D eigenvalue weighted by molar-refractivity contribution is -0.146. The van der Waals surface area contributed by atoms with Crippen molar-refractivity contribution in [3.63, 3.8) is 0 Å². The number of anilines is 1. The van der Waals surface area contributed by atoms with Crippen LogP contribution >= 0.6 is 0 Å². The highest BCUT2D eigenvalue weighted by molar-refractivity contribution is 5.77. The highest BCUT2D eigenvalue weighted by atomic mass is 16.5. The number of aromatic nitrogens is 4. The fourth-order valence-electron chi connectivity index (χ4n) is 3.14. The van der Waals surface area contributed by atoms with Crippen LogP contribution in [-0.2, 0) is 27.2 Å². The van der Waals surface area contributed by atoms with E-state index in [-0.39, 0.29) is 18.6 Å². The minimum Gasteiger partial charge on any atom is -0.479 e. The van der Waals surface area contributed by atoms with Crippen LogP contribution in [0, 0.1) is 0 Å². The van der Waals surface area contributed by atoms with E-state index in [0.717, 1.165) is 18.4 Å². The summed E-state index contributed by atoms with van der Waals surface area (Å²) < 4.78 is 18.1. The fraction of sp³-hybridized carbons (Fsp3) is 0.455. The third kappa shape index (κ3) is 6.38. The zero-order valence-electron chi connectivity index (χ0n) is 18.5. The number of carbonyl (C=O) groups is 1. The Labute approximate surface area is 187 Å². The van der Waals surface area contributed by atoms with Crippen molar-refractivity contribution in [3.8, 4) is 5.88 Å². The molecule has 0 aliphatic rings. The highest BCUT2D eigenvalue weighted by Crippen LogP contribution is 2.21. The number of esters is 1. The number of carbonyl (C=O) groups excluding carboxylic acids is 1. The van der Waals surface area contributed by atoms with Gasteiger partial charge in [0.2, 0.25) is 11.8 Å². The number of nitrogens with one attached hydrogen (secondary N) is 1. The first-order valence-corrected chi connectivity index (χ1v) is 10.7. The van der Waals surface area contributed by atoms with Gasteiger partial charge < -0.3 is 24.5 Å². The van der Waals surface area contributed by atoms with Crippen molar-refractivity contribution in [2.24, 2.45) is 0 Å². The maximum absolute atomic E-state index is 12.5. The largest absolute Gasteiger partial charge is 0.479 e. The first-order valence-electron chi connectivity index (χ1n) is 10.7. The summed E-state index contributed by atoms with van der Waals surface area (Å²) in [6.07, 6.45) is 3.98. The molecule has 0 bridgehead atoms. The predicted molar refractivity (Wildman–Crippen MR) is 120 cm³/mol. The van der Waals surface area contributed by atoms with E-state index in [2.05, 4.69) is 27.2 Å². The molecular weight excluding hydrogens is 412 g/mol. The van der Waals surface area contributed by atoms with Gasteiger partial charge in [-0.25, -0.2) is 4.98 Å². The molecule has 0 unspecified atom stereocenters. The van der Waals surface area contributed by atoms with Gasteiger partial charge in [-0.3, -0.25) is 10.1 Å². The summed E-state index contributed by atoms with van der Waals surface area (Å²) in [5.74, 6) is 0.175. The zero-order valence-corrected chi connectivity index (χ0v) is 18.5. The highest BCUT2D eigenvalue weighted by Gasteiger charge is 2.20. The second kappa shape index (κ2) is 12.0. The molecule has 172 valence electrons. The van der Waals surface area contributed by atoms with Crippen molar-refractivity contribution in [1.29, 1.82) is 0 Å². The summed E-state index contributed by atoms with van der Waals surface area (Å²) in [5, 5.41) is 3.15. The summed E-state index contributed by atoms with van der Waals surface area (Å²) in [6.45, 7) is 3.57. The molecule has 0 saturated heterocycles. The van der Waals surface area contributed by atoms with Crippen molar-refractivity contribution in [2.45, 2.75) is 38.8 Å². The molecule has 2 heterocycles. The average Bonchev–Trinajstić information content (AvgIpc) is 3.21. The Morgan fingerprint density at radius 2 is 2.03 bits per heavy atom. The van der Waals surface area contributed by atoms with Gasteiger partial charge >= 0.3 is 5.97 Å². The quantitative estimate of drug-likeness (QED) is 0.232. The molecule has 2 aromatic heterocycles. The Morgan fingerprint density at radius 1 is 1.22 bits per heavy atom. The van der Waals surface area contributed by atoms with E-state index >= 15 is 0 Å². The van der Waals surface area contributed by atoms with E-state index in [0.29, 0.717) is 43.2 Å². The zero-order chi connectivity index (χ0) is 22.8. The Balaban J connectivity index is 1.52. The summed E-state index contributed by atoms with van der Waals surface area (Å²) >= 11 is 0. The molecule has 10 nitrogen and oxygen atoms in total. The van der Waals surface area contributed by atoms with Crippen LogP contribution in [0.15, 0.2) is 36.7 Å². The van der Waals surface area contributed by atoms with Crippen LogP contribution in [0.2, 0.25) is 0 Å². The lowest BCUT2D eigenvalue weighted by atomic mass is 10.1. The number of hydrogen-bond donors (Lipinski definition) is 2. The Morgan fingerprint density at radius 3 is 2.78 bits per heavy atom. The number of methoxy groups -OCH3 is 1. The van der Waals surface area contributed by atoms with E-state index in [1.807, 2.05) is 34.9 Å². The molecule has 10 heteroatoms. The van der Waals surface area contributed by atoms with E-state index < -0.39 is 6.04 Å². The van der Waals surface area contributed by atoms with Crippen LogP contribution < -0.4 is 15.8 Å². The number of nitrogens with zero attached hydrogens (tertiary/aromatic N) is 4. The number of rotatable bonds is 13. The Kier molecular flexibility index (Phi) is 8.76.